The molecule has 16 heterocycles. The SMILES string of the molecule is CC1CN(C(=O)c2nc([C@H](C)Nc3ncnc4cccnc34)cc3cccc(Cl)c23)CCO1.C[C@H](Nc1nc(N)ncc1C(C)(F)F)c1cc2cccc(Cl)c2c(C(=O)N2CCOCC2)n1.C[C@H](Nc1ncnc2cccnc12)c1cc2cccc(Cl)c2c(C(=O)N2CCS(=O)(=O)CC2)n1.Cc1c[nH]c2ncnc(N[C@@H](C)c3cc4cccc(Cl)c4c(C(=O)N4C5CCC4COC5)n3)c12. The summed E-state index contributed by atoms with van der Waals surface area (Å²) in [4.78, 5) is 126. The number of nitrogens with two attached hydrogens (primary N) is 1. The maximum absolute atomic E-state index is 14.1. The number of H-pyrrole nitrogens is 1. The van der Waals surface area contributed by atoms with Gasteiger partial charge in [-0.25, -0.2) is 72.0 Å². The van der Waals surface area contributed by atoms with Gasteiger partial charge < -0.3 is 65.8 Å². The Morgan fingerprint density at radius 1 is 0.493 bits per heavy atom. The maximum atomic E-state index is 14.1. The molecular formula is C94H92Cl4F2N24O9S. The minimum atomic E-state index is -3.18. The first-order chi connectivity index (χ1) is 64.5. The lowest BCUT2D eigenvalue weighted by Gasteiger charge is -2.34. The zero-order valence-electron chi connectivity index (χ0n) is 73.7. The lowest BCUT2D eigenvalue weighted by molar-refractivity contribution is -0.0125. The molecule has 5 aliphatic rings. The molecule has 5 saturated heterocycles. The number of hydrogen-bond acceptors (Lipinski definition) is 28. The summed E-state index contributed by atoms with van der Waals surface area (Å²) in [6, 6.07) is 35.8. The zero-order chi connectivity index (χ0) is 94.0. The highest BCUT2D eigenvalue weighted by Gasteiger charge is 2.43. The lowest BCUT2D eigenvalue weighted by Crippen LogP contribution is -2.49. The van der Waals surface area contributed by atoms with E-state index in [2.05, 4.69) is 81.1 Å². The molecule has 0 aliphatic carbocycles. The first-order valence-electron chi connectivity index (χ1n) is 43.5. The van der Waals surface area contributed by atoms with E-state index < -0.39 is 27.4 Å². The van der Waals surface area contributed by atoms with Crippen LogP contribution >= 0.6 is 46.4 Å². The molecular weight excluding hydrogens is 1820 g/mol. The number of aryl methyl sites for hydroxylation is 1. The third-order valence-corrected chi connectivity index (χ3v) is 26.8. The summed E-state index contributed by atoms with van der Waals surface area (Å²) in [6.07, 6.45) is 12.7. The average Bonchev–Trinajstić information content (AvgIpc) is 1.13. The van der Waals surface area contributed by atoms with Crippen LogP contribution in [0.5, 0.6) is 0 Å². The number of benzene rings is 4. The number of nitrogen functional groups attached to an aromatic ring is 1. The molecule has 33 nitrogen and oxygen atoms in total. The summed E-state index contributed by atoms with van der Waals surface area (Å²) < 4.78 is 68.4. The van der Waals surface area contributed by atoms with E-state index in [1.54, 1.807) is 65.5 Å². The van der Waals surface area contributed by atoms with E-state index in [4.69, 9.17) is 81.3 Å². The van der Waals surface area contributed by atoms with Gasteiger partial charge in [0.05, 0.1) is 152 Å². The second-order valence-corrected chi connectivity index (χ2v) is 37.2. The van der Waals surface area contributed by atoms with Gasteiger partial charge in [0, 0.05) is 92.5 Å². The number of halogens is 6. The highest BCUT2D eigenvalue weighted by atomic mass is 35.5. The molecule has 7 N–H and O–H groups in total. The molecule has 0 saturated carbocycles. The average molecular weight is 1910 g/mol. The van der Waals surface area contributed by atoms with Crippen LogP contribution in [-0.4, -0.2) is 228 Å². The number of nitrogens with zero attached hydrogens (tertiary/aromatic N) is 18. The van der Waals surface area contributed by atoms with E-state index in [1.807, 2.05) is 131 Å². The van der Waals surface area contributed by atoms with Crippen LogP contribution in [0.1, 0.15) is 154 Å². The molecule has 4 aromatic carbocycles. The van der Waals surface area contributed by atoms with Gasteiger partial charge in [0.1, 0.15) is 70.1 Å². The van der Waals surface area contributed by atoms with Gasteiger partial charge in [-0.15, -0.1) is 0 Å². The minimum Gasteiger partial charge on any atom is -0.378 e. The van der Waals surface area contributed by atoms with Gasteiger partial charge >= 0.3 is 0 Å². The van der Waals surface area contributed by atoms with E-state index in [1.165, 1.54) is 23.9 Å². The van der Waals surface area contributed by atoms with Crippen molar-refractivity contribution >= 4 is 185 Å². The highest BCUT2D eigenvalue weighted by molar-refractivity contribution is 7.91. The number of morpholine rings is 3. The number of aromatic amines is 1. The molecule has 134 heavy (non-hydrogen) atoms. The Labute approximate surface area is 787 Å². The number of rotatable bonds is 17. The summed E-state index contributed by atoms with van der Waals surface area (Å²) in [5.41, 5.74) is 13.5. The summed E-state index contributed by atoms with van der Waals surface area (Å²) >= 11 is 26.0. The molecule has 5 aliphatic heterocycles. The quantitative estimate of drug-likeness (QED) is 0.0493. The minimum absolute atomic E-state index is 0.0215. The van der Waals surface area contributed by atoms with Gasteiger partial charge in [-0.3, -0.25) is 29.1 Å². The Bertz CT molecular complexity index is 7130. The molecule has 690 valence electrons. The number of anilines is 5. The molecule has 2 bridgehead atoms. The Morgan fingerprint density at radius 2 is 0.903 bits per heavy atom. The van der Waals surface area contributed by atoms with Crippen molar-refractivity contribution in [1.29, 1.82) is 0 Å². The van der Waals surface area contributed by atoms with Crippen molar-refractivity contribution in [3.05, 3.63) is 242 Å². The normalized spacial score (nSPS) is 17.5. The van der Waals surface area contributed by atoms with E-state index >= 15 is 0 Å². The number of carbonyl (C=O) groups excluding carboxylic acids is 4. The fraction of sp³-hybridized carbons (Fsp3) is 0.319. The van der Waals surface area contributed by atoms with Crippen LogP contribution in [0.15, 0.2) is 165 Å². The van der Waals surface area contributed by atoms with Crippen LogP contribution in [-0.2, 0) is 30.0 Å². The van der Waals surface area contributed by atoms with Crippen molar-refractivity contribution in [2.24, 2.45) is 0 Å². The molecule has 20 rings (SSSR count). The Balaban J connectivity index is 0.000000124. The van der Waals surface area contributed by atoms with Crippen LogP contribution in [0.4, 0.5) is 38.0 Å². The van der Waals surface area contributed by atoms with E-state index in [0.29, 0.717) is 163 Å². The van der Waals surface area contributed by atoms with Crippen LogP contribution in [0.3, 0.4) is 0 Å². The Morgan fingerprint density at radius 3 is 1.36 bits per heavy atom. The number of hydrogen-bond donors (Lipinski definition) is 6. The van der Waals surface area contributed by atoms with E-state index in [9.17, 15) is 36.4 Å². The molecule has 7 atom stereocenters. The molecule has 0 spiro atoms. The number of amides is 4. The third kappa shape index (κ3) is 20.0. The number of ether oxygens (including phenoxy) is 3. The topological polar surface area (TPSA) is 413 Å². The predicted octanol–water partition coefficient (Wildman–Crippen LogP) is 16.2. The fourth-order valence-electron chi connectivity index (χ4n) is 17.0. The second kappa shape index (κ2) is 39.6. The van der Waals surface area contributed by atoms with Gasteiger partial charge in [0.15, 0.2) is 21.5 Å². The van der Waals surface area contributed by atoms with Crippen LogP contribution in [0.2, 0.25) is 20.1 Å². The van der Waals surface area contributed by atoms with Crippen molar-refractivity contribution in [2.75, 3.05) is 111 Å². The molecule has 5 fully saturated rings. The Hall–Kier alpha value is -13.1. The monoisotopic (exact) mass is 1910 g/mol. The molecule has 11 aromatic heterocycles. The second-order valence-electron chi connectivity index (χ2n) is 33.3. The number of carbonyl (C=O) groups is 4. The van der Waals surface area contributed by atoms with E-state index in [-0.39, 0.29) is 108 Å². The lowest BCUT2D eigenvalue weighted by atomic mass is 10.0. The highest BCUT2D eigenvalue weighted by Crippen LogP contribution is 2.41. The summed E-state index contributed by atoms with van der Waals surface area (Å²) in [7, 11) is -3.12. The standard InChI is InChI=1S/C25H25ClN6O2.C24H23ClN6O2.C23H21ClN6O3S.C22H23ClF2N6O2/c1-13-9-27-23-20(13)24(29-12-28-23)30-14(2)19-8-15-4-3-5-18(26)21(15)22(31-19)25(33)32-16-6-7-17(32)11-34-10-16;1-14-12-31(9-10-33-14)24(32)22-20-16(5-3-6-17(20)25)11-19(30-22)15(2)29-23-21-18(27-13-28-23)7-4-8-26-21;1-14(28-22-20-17(26-13-27-22)6-3-7-25-20)18-12-15-4-2-5-16(24)19(15)21(29-18)23(31)30-8-10-34(32,33)11-9-30;1-12(28-19-14(22(2,24)25)11-27-21(26)30-19)16-10-13-4-3-5-15(23)17(13)18(29-16)20(32)31-6-8-33-9-7-31/h3-5,8-9,12,14,16-17H,6-7,10-11H2,1-2H3,(H2,27,28,29,30);3-8,11,13-15H,9-10,12H2,1-2H3,(H,27,28,29);2-7,12-14H,8-11H2,1H3,(H,26,27,28);3-5,10-12H,6-9H2,1-2H3,(H3,26,27,28,30)/t14-,16?,17?;14?,15-;14-;12-/m0000/s1. The summed E-state index contributed by atoms with van der Waals surface area (Å²) in [6.45, 7) is 17.1. The van der Waals surface area contributed by atoms with Gasteiger partial charge in [-0.1, -0.05) is 94.9 Å². The largest absolute Gasteiger partial charge is 0.378 e. The zero-order valence-corrected chi connectivity index (χ0v) is 77.6. The molecule has 40 heteroatoms. The summed E-state index contributed by atoms with van der Waals surface area (Å²) in [5.74, 6) is -2.48. The van der Waals surface area contributed by atoms with Crippen molar-refractivity contribution in [3.63, 3.8) is 0 Å². The predicted molar refractivity (Wildman–Crippen MR) is 511 cm³/mol. The van der Waals surface area contributed by atoms with Crippen LogP contribution in [0.25, 0.3) is 76.2 Å². The Kier molecular flexibility index (Phi) is 27.4. The van der Waals surface area contributed by atoms with Crippen molar-refractivity contribution < 1.29 is 50.6 Å². The fourth-order valence-corrected chi connectivity index (χ4v) is 19.3. The molecule has 4 amide bonds. The van der Waals surface area contributed by atoms with Crippen molar-refractivity contribution in [3.8, 4) is 0 Å². The van der Waals surface area contributed by atoms with Crippen molar-refractivity contribution in [2.45, 2.75) is 110 Å². The molecule has 0 radical (unpaired) electrons. The first kappa shape index (κ1) is 92.8. The van der Waals surface area contributed by atoms with Gasteiger partial charge in [-0.2, -0.15) is 4.98 Å². The third-order valence-electron chi connectivity index (χ3n) is 24.0. The summed E-state index contributed by atoms with van der Waals surface area (Å²) in [5, 5.41) is 21.6. The molecule has 15 aromatic rings. The number of aromatic nitrogens is 15. The number of sulfone groups is 1. The van der Waals surface area contributed by atoms with Crippen molar-refractivity contribution in [1.82, 2.24) is 94.4 Å². The smallest absolute Gasteiger partial charge is 0.275 e. The van der Waals surface area contributed by atoms with Gasteiger partial charge in [0.25, 0.3) is 29.6 Å². The van der Waals surface area contributed by atoms with Crippen LogP contribution < -0.4 is 27.0 Å². The number of pyridine rings is 6. The maximum Gasteiger partial charge on any atom is 0.275 e. The van der Waals surface area contributed by atoms with E-state index in [0.717, 1.165) is 75.7 Å². The van der Waals surface area contributed by atoms with Crippen LogP contribution in [0, 0.1) is 6.92 Å². The van der Waals surface area contributed by atoms with Gasteiger partial charge in [-0.05, 0) is 154 Å². The first-order valence-corrected chi connectivity index (χ1v) is 46.8. The number of alkyl halides is 2. The molecule has 3 unspecified atom stereocenters. The number of nitrogens with one attached hydrogen (secondary N) is 5. The van der Waals surface area contributed by atoms with Gasteiger partial charge in [0.2, 0.25) is 5.95 Å². The number of fused-ring (bicyclic) bond motifs is 9.